The Morgan fingerprint density at radius 1 is 1.00 bits per heavy atom. The van der Waals surface area contributed by atoms with Crippen LogP contribution in [0.15, 0.2) is 0 Å². The number of rotatable bonds is 8. The quantitative estimate of drug-likeness (QED) is 0.395. The summed E-state index contributed by atoms with van der Waals surface area (Å²) in [5.41, 5.74) is 0.243. The Kier molecular flexibility index (Phi) is 7.16. The fourth-order valence-corrected chi connectivity index (χ4v) is 4.02. The highest BCUT2D eigenvalue weighted by molar-refractivity contribution is 6.21. The maximum Gasteiger partial charge on any atom is 0.0294 e. The van der Waals surface area contributed by atoms with E-state index in [0.29, 0.717) is 0 Å². The van der Waals surface area contributed by atoms with Gasteiger partial charge in [0.05, 0.1) is 0 Å². The SMILES string of the molecule is CCCCCCC(CCl)(CCl)C1CCCC1. The van der Waals surface area contributed by atoms with Crippen molar-refractivity contribution >= 4 is 23.2 Å². The first-order valence-corrected chi connectivity index (χ1v) is 7.98. The first-order valence-electron chi connectivity index (χ1n) is 6.91. The van der Waals surface area contributed by atoms with Crippen LogP contribution in [-0.4, -0.2) is 11.8 Å². The third kappa shape index (κ3) is 3.81. The predicted octanol–water partition coefficient (Wildman–Crippen LogP) is 5.61. The highest BCUT2D eigenvalue weighted by Gasteiger charge is 2.38. The zero-order valence-corrected chi connectivity index (χ0v) is 12.1. The Morgan fingerprint density at radius 2 is 1.62 bits per heavy atom. The van der Waals surface area contributed by atoms with Crippen molar-refractivity contribution in [3.8, 4) is 0 Å². The van der Waals surface area contributed by atoms with Crippen LogP contribution in [0, 0.1) is 11.3 Å². The molecule has 0 bridgehead atoms. The van der Waals surface area contributed by atoms with Crippen molar-refractivity contribution in [2.45, 2.75) is 64.7 Å². The van der Waals surface area contributed by atoms with E-state index in [0.717, 1.165) is 17.7 Å². The number of alkyl halides is 2. The normalized spacial score (nSPS) is 18.2. The summed E-state index contributed by atoms with van der Waals surface area (Å²) in [4.78, 5) is 0. The minimum Gasteiger partial charge on any atom is -0.126 e. The summed E-state index contributed by atoms with van der Waals surface area (Å²) >= 11 is 12.5. The lowest BCUT2D eigenvalue weighted by atomic mass is 9.73. The van der Waals surface area contributed by atoms with E-state index in [2.05, 4.69) is 6.92 Å². The van der Waals surface area contributed by atoms with E-state index in [1.807, 2.05) is 0 Å². The minimum atomic E-state index is 0.243. The minimum absolute atomic E-state index is 0.243. The molecule has 1 saturated carbocycles. The first kappa shape index (κ1) is 14.6. The topological polar surface area (TPSA) is 0 Å². The van der Waals surface area contributed by atoms with Gasteiger partial charge in [-0.05, 0) is 25.2 Å². The van der Waals surface area contributed by atoms with Crippen molar-refractivity contribution in [3.05, 3.63) is 0 Å². The fraction of sp³-hybridized carbons (Fsp3) is 1.00. The first-order chi connectivity index (χ1) is 7.79. The van der Waals surface area contributed by atoms with Gasteiger partial charge in [0, 0.05) is 17.2 Å². The van der Waals surface area contributed by atoms with Crippen LogP contribution in [0.5, 0.6) is 0 Å². The number of hydrogen-bond acceptors (Lipinski definition) is 0. The van der Waals surface area contributed by atoms with E-state index in [-0.39, 0.29) is 5.41 Å². The molecule has 0 saturated heterocycles. The Bertz CT molecular complexity index is 170. The molecule has 0 radical (unpaired) electrons. The highest BCUT2D eigenvalue weighted by Crippen LogP contribution is 2.45. The number of hydrogen-bond donors (Lipinski definition) is 0. The van der Waals surface area contributed by atoms with Gasteiger partial charge in [-0.25, -0.2) is 0 Å². The van der Waals surface area contributed by atoms with Gasteiger partial charge in [0.25, 0.3) is 0 Å². The molecule has 1 aliphatic carbocycles. The van der Waals surface area contributed by atoms with Crippen molar-refractivity contribution in [1.29, 1.82) is 0 Å². The van der Waals surface area contributed by atoms with E-state index in [1.54, 1.807) is 0 Å². The largest absolute Gasteiger partial charge is 0.126 e. The molecule has 1 rings (SSSR count). The maximum atomic E-state index is 6.23. The van der Waals surface area contributed by atoms with Crippen molar-refractivity contribution in [2.24, 2.45) is 11.3 Å². The van der Waals surface area contributed by atoms with Gasteiger partial charge in [-0.3, -0.25) is 0 Å². The summed E-state index contributed by atoms with van der Waals surface area (Å²) in [6.45, 7) is 2.26. The van der Waals surface area contributed by atoms with Crippen molar-refractivity contribution in [1.82, 2.24) is 0 Å². The van der Waals surface area contributed by atoms with Crippen LogP contribution in [-0.2, 0) is 0 Å². The molecular weight excluding hydrogens is 239 g/mol. The summed E-state index contributed by atoms with van der Waals surface area (Å²) in [6.07, 6.45) is 12.0. The lowest BCUT2D eigenvalue weighted by Gasteiger charge is -2.36. The zero-order valence-electron chi connectivity index (χ0n) is 10.6. The summed E-state index contributed by atoms with van der Waals surface area (Å²) < 4.78 is 0. The summed E-state index contributed by atoms with van der Waals surface area (Å²) in [6, 6.07) is 0. The van der Waals surface area contributed by atoms with Gasteiger partial charge < -0.3 is 0 Å². The van der Waals surface area contributed by atoms with Crippen molar-refractivity contribution < 1.29 is 0 Å². The third-order valence-electron chi connectivity index (χ3n) is 4.28. The molecule has 1 aliphatic rings. The number of halogens is 2. The second-order valence-electron chi connectivity index (χ2n) is 5.42. The molecule has 0 nitrogen and oxygen atoms in total. The van der Waals surface area contributed by atoms with Gasteiger partial charge in [0.1, 0.15) is 0 Å². The van der Waals surface area contributed by atoms with Crippen LogP contribution in [0.4, 0.5) is 0 Å². The molecular formula is C14H26Cl2. The monoisotopic (exact) mass is 264 g/mol. The highest BCUT2D eigenvalue weighted by atomic mass is 35.5. The van der Waals surface area contributed by atoms with Crippen molar-refractivity contribution in [2.75, 3.05) is 11.8 Å². The average molecular weight is 265 g/mol. The number of unbranched alkanes of at least 4 members (excludes halogenated alkanes) is 3. The summed E-state index contributed by atoms with van der Waals surface area (Å²) in [5.74, 6) is 2.31. The molecule has 0 spiro atoms. The Balaban J connectivity index is 2.43. The molecule has 0 N–H and O–H groups in total. The van der Waals surface area contributed by atoms with Gasteiger partial charge in [0.15, 0.2) is 0 Å². The molecule has 0 heterocycles. The predicted molar refractivity (Wildman–Crippen MR) is 74.6 cm³/mol. The van der Waals surface area contributed by atoms with Gasteiger partial charge in [-0.1, -0.05) is 45.4 Å². The Morgan fingerprint density at radius 3 is 2.12 bits per heavy atom. The van der Waals surface area contributed by atoms with E-state index in [1.165, 1.54) is 57.8 Å². The van der Waals surface area contributed by atoms with Crippen LogP contribution in [0.25, 0.3) is 0 Å². The van der Waals surface area contributed by atoms with Crippen LogP contribution in [0.3, 0.4) is 0 Å². The lowest BCUT2D eigenvalue weighted by Crippen LogP contribution is -2.33. The molecule has 0 aromatic carbocycles. The van der Waals surface area contributed by atoms with E-state index in [4.69, 9.17) is 23.2 Å². The van der Waals surface area contributed by atoms with E-state index in [9.17, 15) is 0 Å². The van der Waals surface area contributed by atoms with Crippen LogP contribution >= 0.6 is 23.2 Å². The smallest absolute Gasteiger partial charge is 0.0294 e. The molecule has 0 aliphatic heterocycles. The maximum absolute atomic E-state index is 6.23. The second-order valence-corrected chi connectivity index (χ2v) is 5.96. The standard InChI is InChI=1S/C14H26Cl2/c1-2-3-4-7-10-14(11-15,12-16)13-8-5-6-9-13/h13H,2-12H2,1H3. The molecule has 0 amide bonds. The van der Waals surface area contributed by atoms with E-state index < -0.39 is 0 Å². The van der Waals surface area contributed by atoms with Gasteiger partial charge in [0.2, 0.25) is 0 Å². The zero-order chi connectivity index (χ0) is 11.9. The molecule has 16 heavy (non-hydrogen) atoms. The van der Waals surface area contributed by atoms with Crippen LogP contribution in [0.1, 0.15) is 64.7 Å². The van der Waals surface area contributed by atoms with Crippen LogP contribution in [0.2, 0.25) is 0 Å². The second kappa shape index (κ2) is 7.82. The Hall–Kier alpha value is 0.580. The lowest BCUT2D eigenvalue weighted by molar-refractivity contribution is 0.201. The molecule has 0 atom stereocenters. The van der Waals surface area contributed by atoms with Gasteiger partial charge in [-0.2, -0.15) is 0 Å². The van der Waals surface area contributed by atoms with Gasteiger partial charge in [-0.15, -0.1) is 23.2 Å². The molecule has 0 aromatic rings. The molecule has 0 unspecified atom stereocenters. The molecule has 0 aromatic heterocycles. The summed E-state index contributed by atoms with van der Waals surface area (Å²) in [7, 11) is 0. The molecule has 96 valence electrons. The van der Waals surface area contributed by atoms with Gasteiger partial charge >= 0.3 is 0 Å². The van der Waals surface area contributed by atoms with E-state index >= 15 is 0 Å². The average Bonchev–Trinajstić information content (AvgIpc) is 2.84. The third-order valence-corrected chi connectivity index (χ3v) is 5.35. The van der Waals surface area contributed by atoms with Crippen LogP contribution < -0.4 is 0 Å². The summed E-state index contributed by atoms with van der Waals surface area (Å²) in [5, 5.41) is 0. The fourth-order valence-electron chi connectivity index (χ4n) is 3.03. The van der Waals surface area contributed by atoms with Crippen molar-refractivity contribution in [3.63, 3.8) is 0 Å². The molecule has 2 heteroatoms. The molecule has 1 fully saturated rings. The Labute approximate surface area is 111 Å².